The molecule has 0 bridgehead atoms. The predicted octanol–water partition coefficient (Wildman–Crippen LogP) is 5.27. The van der Waals surface area contributed by atoms with Crippen LogP contribution in [0.25, 0.3) is 21.8 Å². The van der Waals surface area contributed by atoms with Crippen molar-refractivity contribution in [2.24, 2.45) is 0 Å². The van der Waals surface area contributed by atoms with Crippen LogP contribution in [0.1, 0.15) is 31.9 Å². The Kier molecular flexibility index (Phi) is 10.5. The second-order valence-electron chi connectivity index (χ2n) is 7.22. The summed E-state index contributed by atoms with van der Waals surface area (Å²) in [6.45, 7) is 3.38. The Bertz CT molecular complexity index is 1350. The quantitative estimate of drug-likeness (QED) is 0.137. The molecule has 0 radical (unpaired) electrons. The van der Waals surface area contributed by atoms with Crippen molar-refractivity contribution in [1.82, 2.24) is 9.97 Å². The van der Waals surface area contributed by atoms with Crippen molar-refractivity contribution >= 4 is 55.3 Å². The van der Waals surface area contributed by atoms with Crippen LogP contribution >= 0.6 is 28.2 Å². The smallest absolute Gasteiger partial charge is 0.466 e. The van der Waals surface area contributed by atoms with Gasteiger partial charge in [-0.25, -0.2) is 9.09 Å². The molecule has 192 valence electrons. The molecule has 36 heavy (non-hydrogen) atoms. The van der Waals surface area contributed by atoms with E-state index in [9.17, 15) is 9.67 Å². The highest BCUT2D eigenvalue weighted by atomic mass is 35.5. The van der Waals surface area contributed by atoms with Gasteiger partial charge >= 0.3 is 7.82 Å². The summed E-state index contributed by atoms with van der Waals surface area (Å²) < 4.78 is 26.7. The van der Waals surface area contributed by atoms with Crippen LogP contribution in [0.2, 0.25) is 5.02 Å². The van der Waals surface area contributed by atoms with E-state index in [1.165, 1.54) is 6.20 Å². The molecule has 2 aromatic carbocycles. The van der Waals surface area contributed by atoms with E-state index in [1.54, 1.807) is 24.4 Å². The number of aliphatic hydroxyl groups excluding tert-OH is 1. The van der Waals surface area contributed by atoms with Gasteiger partial charge in [-0.3, -0.25) is 9.97 Å². The van der Waals surface area contributed by atoms with Crippen molar-refractivity contribution in [3.8, 4) is 5.75 Å². The summed E-state index contributed by atoms with van der Waals surface area (Å²) >= 11 is 6.10. The SMILES string of the molecule is CC.O=P(O)(O)OCOc1ccnc2c1ccc1cc(POC(CCO)c3cccc(Cl)c3)cnc12. The molecule has 0 aliphatic carbocycles. The fraction of sp³-hybridized carbons (Fsp3) is 0.250. The van der Waals surface area contributed by atoms with Crippen molar-refractivity contribution in [3.05, 3.63) is 71.5 Å². The number of phosphoric ester groups is 1. The number of nitrogens with zero attached hydrogens (tertiary/aromatic N) is 2. The van der Waals surface area contributed by atoms with Gasteiger partial charge in [0.1, 0.15) is 11.3 Å². The Balaban J connectivity index is 0.00000176. The number of benzene rings is 2. The van der Waals surface area contributed by atoms with Crippen LogP contribution in [-0.2, 0) is 13.6 Å². The molecule has 12 heteroatoms. The standard InChI is InChI=1S/C22H21ClN2O7P2.C2H6/c23-16-3-1-2-14(10-16)19(7-9-26)32-33-17-11-15-4-5-18-20(30-13-31-34(27,28)29)6-8-24-22(18)21(15)25-12-17;1-2/h1-6,8,10-12,19,26,33H,7,9,13H2,(H2,27,28,29);1-2H3. The number of aromatic nitrogens is 2. The van der Waals surface area contributed by atoms with E-state index in [1.807, 2.05) is 44.2 Å². The lowest BCUT2D eigenvalue weighted by molar-refractivity contribution is 0.0839. The molecule has 3 N–H and O–H groups in total. The third-order valence-electron chi connectivity index (χ3n) is 4.89. The van der Waals surface area contributed by atoms with Gasteiger partial charge < -0.3 is 24.2 Å². The van der Waals surface area contributed by atoms with Crippen LogP contribution in [0, 0.1) is 0 Å². The van der Waals surface area contributed by atoms with Crippen LogP contribution in [0.4, 0.5) is 0 Å². The monoisotopic (exact) mass is 552 g/mol. The number of rotatable bonds is 10. The van der Waals surface area contributed by atoms with Crippen LogP contribution in [0.3, 0.4) is 0 Å². The molecule has 0 spiro atoms. The van der Waals surface area contributed by atoms with E-state index in [2.05, 4.69) is 14.5 Å². The minimum absolute atomic E-state index is 0.00303. The van der Waals surface area contributed by atoms with Gasteiger partial charge in [0.2, 0.25) is 0 Å². The first-order valence-electron chi connectivity index (χ1n) is 11.1. The number of fused-ring (bicyclic) bond motifs is 3. The molecule has 2 aromatic heterocycles. The summed E-state index contributed by atoms with van der Waals surface area (Å²) in [6.07, 6.45) is 3.38. The molecular weight excluding hydrogens is 526 g/mol. The number of phosphoric acid groups is 1. The third-order valence-corrected chi connectivity index (χ3v) is 6.48. The van der Waals surface area contributed by atoms with Gasteiger partial charge in [0.25, 0.3) is 0 Å². The molecule has 0 amide bonds. The minimum atomic E-state index is -4.63. The molecule has 2 heterocycles. The number of hydrogen-bond donors (Lipinski definition) is 3. The van der Waals surface area contributed by atoms with Gasteiger partial charge in [-0.05, 0) is 35.9 Å². The Morgan fingerprint density at radius 1 is 1.08 bits per heavy atom. The second-order valence-corrected chi connectivity index (χ2v) is 9.92. The van der Waals surface area contributed by atoms with E-state index >= 15 is 0 Å². The van der Waals surface area contributed by atoms with Gasteiger partial charge in [-0.15, -0.1) is 0 Å². The summed E-state index contributed by atoms with van der Waals surface area (Å²) in [7, 11) is -4.64. The van der Waals surface area contributed by atoms with Crippen molar-refractivity contribution in [3.63, 3.8) is 0 Å². The molecule has 0 aliphatic heterocycles. The van der Waals surface area contributed by atoms with Crippen molar-refractivity contribution in [2.75, 3.05) is 13.4 Å². The first kappa shape index (κ1) is 28.4. The zero-order valence-corrected chi connectivity index (χ0v) is 22.3. The molecule has 4 rings (SSSR count). The lowest BCUT2D eigenvalue weighted by Crippen LogP contribution is -2.06. The summed E-state index contributed by atoms with van der Waals surface area (Å²) in [6, 6.07) is 14.6. The minimum Gasteiger partial charge on any atom is -0.466 e. The van der Waals surface area contributed by atoms with Gasteiger partial charge in [-0.1, -0.05) is 43.6 Å². The first-order chi connectivity index (χ1) is 17.3. The number of ether oxygens (including phenoxy) is 1. The predicted molar refractivity (Wildman–Crippen MR) is 142 cm³/mol. The number of hydrogen-bond acceptors (Lipinski definition) is 7. The second kappa shape index (κ2) is 13.4. The summed E-state index contributed by atoms with van der Waals surface area (Å²) in [5, 5.41) is 12.4. The summed E-state index contributed by atoms with van der Waals surface area (Å²) in [5.41, 5.74) is 2.13. The fourth-order valence-electron chi connectivity index (χ4n) is 3.38. The lowest BCUT2D eigenvalue weighted by Gasteiger charge is -2.17. The van der Waals surface area contributed by atoms with E-state index in [0.717, 1.165) is 16.3 Å². The van der Waals surface area contributed by atoms with Crippen molar-refractivity contribution in [2.45, 2.75) is 26.4 Å². The van der Waals surface area contributed by atoms with Crippen molar-refractivity contribution in [1.29, 1.82) is 0 Å². The van der Waals surface area contributed by atoms with Gasteiger partial charge in [0.15, 0.2) is 6.79 Å². The van der Waals surface area contributed by atoms with Gasteiger partial charge in [0.05, 0.1) is 11.6 Å². The molecule has 0 fully saturated rings. The van der Waals surface area contributed by atoms with E-state index in [-0.39, 0.29) is 21.5 Å². The van der Waals surface area contributed by atoms with Crippen LogP contribution in [-0.4, -0.2) is 38.3 Å². The average molecular weight is 553 g/mol. The molecule has 2 unspecified atom stereocenters. The maximum atomic E-state index is 10.9. The first-order valence-corrected chi connectivity index (χ1v) is 13.9. The summed E-state index contributed by atoms with van der Waals surface area (Å²) in [5.74, 6) is 0.366. The highest BCUT2D eigenvalue weighted by molar-refractivity contribution is 7.46. The highest BCUT2D eigenvalue weighted by Gasteiger charge is 2.16. The summed E-state index contributed by atoms with van der Waals surface area (Å²) in [4.78, 5) is 26.6. The Morgan fingerprint density at radius 3 is 2.61 bits per heavy atom. The fourth-order valence-corrected chi connectivity index (χ4v) is 4.63. The largest absolute Gasteiger partial charge is 0.472 e. The van der Waals surface area contributed by atoms with Crippen LogP contribution in [0.5, 0.6) is 5.75 Å². The van der Waals surface area contributed by atoms with E-state index < -0.39 is 14.6 Å². The zero-order valence-electron chi connectivity index (χ0n) is 19.7. The number of aliphatic hydroxyl groups is 1. The Hall–Kier alpha value is -2.19. The lowest BCUT2D eigenvalue weighted by atomic mass is 10.1. The van der Waals surface area contributed by atoms with Crippen LogP contribution < -0.4 is 10.0 Å². The maximum Gasteiger partial charge on any atom is 0.472 e. The normalized spacial score (nSPS) is 12.6. The molecular formula is C24H27ClN2O7P2. The van der Waals surface area contributed by atoms with E-state index in [4.69, 9.17) is 30.6 Å². The average Bonchev–Trinajstić information content (AvgIpc) is 2.87. The number of pyridine rings is 2. The molecule has 9 nitrogen and oxygen atoms in total. The molecule has 4 aromatic rings. The van der Waals surface area contributed by atoms with Gasteiger partial charge in [-0.2, -0.15) is 0 Å². The maximum absolute atomic E-state index is 10.9. The third kappa shape index (κ3) is 7.65. The zero-order chi connectivity index (χ0) is 26.1. The Labute approximate surface area is 215 Å². The van der Waals surface area contributed by atoms with E-state index in [0.29, 0.717) is 33.6 Å². The molecule has 0 saturated carbocycles. The molecule has 2 atom stereocenters. The highest BCUT2D eigenvalue weighted by Crippen LogP contribution is 2.36. The molecule has 0 saturated heterocycles. The Morgan fingerprint density at radius 2 is 1.89 bits per heavy atom. The van der Waals surface area contributed by atoms with Crippen molar-refractivity contribution < 1.29 is 33.2 Å². The number of halogens is 1. The van der Waals surface area contributed by atoms with Crippen LogP contribution in [0.15, 0.2) is 60.9 Å². The van der Waals surface area contributed by atoms with Gasteiger partial charge in [0, 0.05) is 55.3 Å². The molecule has 0 aliphatic rings. The topological polar surface area (TPSA) is 131 Å².